The molecule has 2 aromatic rings. The Bertz CT molecular complexity index is 593. The predicted molar refractivity (Wildman–Crippen MR) is 95.1 cm³/mol. The second kappa shape index (κ2) is 7.56. The van der Waals surface area contributed by atoms with E-state index in [-0.39, 0.29) is 10.8 Å². The number of benzene rings is 2. The summed E-state index contributed by atoms with van der Waals surface area (Å²) in [6.07, 6.45) is 0. The molecule has 118 valence electrons. The first-order valence-corrected chi connectivity index (χ1v) is 8.64. The summed E-state index contributed by atoms with van der Waals surface area (Å²) >= 11 is 0. The van der Waals surface area contributed by atoms with Gasteiger partial charge in [-0.3, -0.25) is 0 Å². The molecule has 4 heteroatoms. The van der Waals surface area contributed by atoms with Gasteiger partial charge in [0.2, 0.25) is 0 Å². The molecule has 2 N–H and O–H groups in total. The maximum atomic E-state index is 12.2. The number of nitrogens with one attached hydrogen (secondary N) is 2. The average molecular weight is 316 g/mol. The molecule has 0 fully saturated rings. The monoisotopic (exact) mass is 316 g/mol. The summed E-state index contributed by atoms with van der Waals surface area (Å²) in [5.41, 5.74) is 2.23. The lowest BCUT2D eigenvalue weighted by Gasteiger charge is -2.24. The largest absolute Gasteiger partial charge is 0.377 e. The number of rotatable bonds is 6. The molecule has 0 saturated heterocycles. The van der Waals surface area contributed by atoms with Crippen LogP contribution in [0.5, 0.6) is 0 Å². The third-order valence-electron chi connectivity index (χ3n) is 3.29. The van der Waals surface area contributed by atoms with Gasteiger partial charge in [-0.1, -0.05) is 48.5 Å². The van der Waals surface area contributed by atoms with E-state index in [0.29, 0.717) is 6.54 Å². The fourth-order valence-electron chi connectivity index (χ4n) is 2.05. The van der Waals surface area contributed by atoms with Crippen LogP contribution in [0.2, 0.25) is 0 Å². The van der Waals surface area contributed by atoms with E-state index in [1.807, 2.05) is 69.3 Å². The van der Waals surface area contributed by atoms with Crippen molar-refractivity contribution in [2.45, 2.75) is 31.6 Å². The van der Waals surface area contributed by atoms with Gasteiger partial charge in [-0.2, -0.15) is 0 Å². The molecule has 0 aliphatic rings. The molecule has 0 spiro atoms. The van der Waals surface area contributed by atoms with Crippen LogP contribution in [-0.4, -0.2) is 15.5 Å². The maximum absolute atomic E-state index is 12.2. The van der Waals surface area contributed by atoms with Crippen molar-refractivity contribution >= 4 is 16.7 Å². The molecule has 0 bridgehead atoms. The summed E-state index contributed by atoms with van der Waals surface area (Å²) in [5, 5.41) is 3.51. The van der Waals surface area contributed by atoms with Crippen molar-refractivity contribution in [1.29, 1.82) is 0 Å². The van der Waals surface area contributed by atoms with Gasteiger partial charge in [0.25, 0.3) is 0 Å². The van der Waals surface area contributed by atoms with Crippen molar-refractivity contribution in [1.82, 2.24) is 4.72 Å². The molecule has 2 rings (SSSR count). The van der Waals surface area contributed by atoms with E-state index >= 15 is 0 Å². The van der Waals surface area contributed by atoms with Crippen molar-refractivity contribution in [3.8, 4) is 0 Å². The summed E-state index contributed by atoms with van der Waals surface area (Å²) in [4.78, 5) is 0. The van der Waals surface area contributed by atoms with Gasteiger partial charge in [-0.05, 0) is 38.5 Å². The Hall–Kier alpha value is -1.65. The Labute approximate surface area is 135 Å². The standard InChI is InChI=1S/C18H24N2OS/c1-18(2,3)22(21)19-14-17(15-10-6-4-7-11-15)20-16-12-8-5-9-13-16/h4-13,17,19-20H,14H2,1-3H3/t17-,22?/m1/s1. The zero-order valence-electron chi connectivity index (χ0n) is 13.4. The second-order valence-electron chi connectivity index (χ2n) is 6.20. The summed E-state index contributed by atoms with van der Waals surface area (Å²) in [7, 11) is -1.08. The maximum Gasteiger partial charge on any atom is 0.0970 e. The summed E-state index contributed by atoms with van der Waals surface area (Å²) in [6, 6.07) is 20.4. The third-order valence-corrected chi connectivity index (χ3v) is 4.83. The van der Waals surface area contributed by atoms with Crippen LogP contribution in [0.3, 0.4) is 0 Å². The molecule has 0 amide bonds. The van der Waals surface area contributed by atoms with E-state index in [4.69, 9.17) is 0 Å². The molecular formula is C18H24N2OS. The predicted octanol–water partition coefficient (Wildman–Crippen LogP) is 3.89. The van der Waals surface area contributed by atoms with Gasteiger partial charge in [0.1, 0.15) is 0 Å². The van der Waals surface area contributed by atoms with Gasteiger partial charge in [-0.15, -0.1) is 0 Å². The van der Waals surface area contributed by atoms with E-state index in [2.05, 4.69) is 22.2 Å². The Kier molecular flexibility index (Phi) is 5.75. The fourth-order valence-corrected chi connectivity index (χ4v) is 2.80. The average Bonchev–Trinajstić information content (AvgIpc) is 2.52. The van der Waals surface area contributed by atoms with Crippen LogP contribution in [0.1, 0.15) is 32.4 Å². The van der Waals surface area contributed by atoms with Crippen LogP contribution in [0.4, 0.5) is 5.69 Å². The van der Waals surface area contributed by atoms with E-state index in [9.17, 15) is 4.21 Å². The van der Waals surface area contributed by atoms with Crippen LogP contribution in [-0.2, 0) is 11.0 Å². The fraction of sp³-hybridized carbons (Fsp3) is 0.333. The van der Waals surface area contributed by atoms with Crippen molar-refractivity contribution in [2.75, 3.05) is 11.9 Å². The van der Waals surface area contributed by atoms with E-state index in [0.717, 1.165) is 5.69 Å². The van der Waals surface area contributed by atoms with Gasteiger partial charge < -0.3 is 5.32 Å². The van der Waals surface area contributed by atoms with Crippen molar-refractivity contribution in [3.05, 3.63) is 66.2 Å². The van der Waals surface area contributed by atoms with Crippen LogP contribution in [0, 0.1) is 0 Å². The van der Waals surface area contributed by atoms with Crippen LogP contribution in [0.15, 0.2) is 60.7 Å². The Morgan fingerprint density at radius 2 is 1.50 bits per heavy atom. The first-order chi connectivity index (χ1) is 10.5. The lowest BCUT2D eigenvalue weighted by molar-refractivity contribution is 0.626. The van der Waals surface area contributed by atoms with Crippen molar-refractivity contribution < 1.29 is 4.21 Å². The topological polar surface area (TPSA) is 41.1 Å². The van der Waals surface area contributed by atoms with Gasteiger partial charge in [-0.25, -0.2) is 8.93 Å². The number of hydrogen-bond donors (Lipinski definition) is 2. The molecule has 0 radical (unpaired) electrons. The minimum absolute atomic E-state index is 0.0647. The summed E-state index contributed by atoms with van der Waals surface area (Å²) in [6.45, 7) is 6.51. The van der Waals surface area contributed by atoms with E-state index in [1.54, 1.807) is 0 Å². The number of para-hydroxylation sites is 1. The molecule has 22 heavy (non-hydrogen) atoms. The van der Waals surface area contributed by atoms with E-state index in [1.165, 1.54) is 5.56 Å². The minimum atomic E-state index is -1.08. The smallest absolute Gasteiger partial charge is 0.0970 e. The highest BCUT2D eigenvalue weighted by molar-refractivity contribution is 7.84. The Balaban J connectivity index is 2.11. The molecule has 1 unspecified atom stereocenters. The van der Waals surface area contributed by atoms with Gasteiger partial charge in [0.15, 0.2) is 0 Å². The molecule has 0 heterocycles. The lowest BCUT2D eigenvalue weighted by atomic mass is 10.1. The van der Waals surface area contributed by atoms with Crippen LogP contribution < -0.4 is 10.0 Å². The first kappa shape index (κ1) is 16.7. The summed E-state index contributed by atoms with van der Waals surface area (Å²) in [5.74, 6) is 0. The van der Waals surface area contributed by atoms with Crippen LogP contribution >= 0.6 is 0 Å². The highest BCUT2D eigenvalue weighted by Crippen LogP contribution is 2.19. The quantitative estimate of drug-likeness (QED) is 0.849. The SMILES string of the molecule is CC(C)(C)S(=O)NC[C@@H](Nc1ccccc1)c1ccccc1. The molecule has 0 aliphatic carbocycles. The molecule has 0 aromatic heterocycles. The Morgan fingerprint density at radius 1 is 0.955 bits per heavy atom. The molecule has 3 nitrogen and oxygen atoms in total. The first-order valence-electron chi connectivity index (χ1n) is 7.49. The summed E-state index contributed by atoms with van der Waals surface area (Å²) < 4.78 is 15.1. The zero-order valence-corrected chi connectivity index (χ0v) is 14.2. The molecule has 2 aromatic carbocycles. The third kappa shape index (κ3) is 4.97. The number of anilines is 1. The highest BCUT2D eigenvalue weighted by atomic mass is 32.2. The zero-order chi connectivity index (χ0) is 16.0. The van der Waals surface area contributed by atoms with Gasteiger partial charge >= 0.3 is 0 Å². The van der Waals surface area contributed by atoms with Crippen LogP contribution in [0.25, 0.3) is 0 Å². The van der Waals surface area contributed by atoms with E-state index < -0.39 is 11.0 Å². The molecular weight excluding hydrogens is 292 g/mol. The van der Waals surface area contributed by atoms with Gasteiger partial charge in [0.05, 0.1) is 21.8 Å². The minimum Gasteiger partial charge on any atom is -0.377 e. The van der Waals surface area contributed by atoms with Crippen molar-refractivity contribution in [2.24, 2.45) is 0 Å². The second-order valence-corrected chi connectivity index (χ2v) is 8.25. The Morgan fingerprint density at radius 3 is 2.05 bits per heavy atom. The van der Waals surface area contributed by atoms with Crippen molar-refractivity contribution in [3.63, 3.8) is 0 Å². The number of hydrogen-bond acceptors (Lipinski definition) is 2. The molecule has 0 saturated carbocycles. The highest BCUT2D eigenvalue weighted by Gasteiger charge is 2.21. The lowest BCUT2D eigenvalue weighted by Crippen LogP contribution is -2.37. The van der Waals surface area contributed by atoms with Gasteiger partial charge in [0, 0.05) is 12.2 Å². The molecule has 0 aliphatic heterocycles. The normalized spacial score (nSPS) is 14.3. The molecule has 2 atom stereocenters.